The Morgan fingerprint density at radius 2 is 1.69 bits per heavy atom. The Balaban J connectivity index is 2.84. The Labute approximate surface area is 98.7 Å². The summed E-state index contributed by atoms with van der Waals surface area (Å²) < 4.78 is 23.8. The fraction of sp³-hybridized carbons (Fsp3) is 0.833. The van der Waals surface area contributed by atoms with Crippen molar-refractivity contribution in [2.24, 2.45) is 0 Å². The third kappa shape index (κ3) is 4.04. The maximum absolute atomic E-state index is 12.7. The molecule has 0 bridgehead atoms. The van der Waals surface area contributed by atoms with Crippen molar-refractivity contribution < 1.29 is 13.6 Å². The van der Waals surface area contributed by atoms with E-state index in [-0.39, 0.29) is 12.2 Å². The molecule has 0 radical (unpaired) electrons. The van der Waals surface area contributed by atoms with Gasteiger partial charge in [-0.3, -0.25) is 4.57 Å². The molecule has 0 atom stereocenters. The number of allylic oxidation sites excluding steroid dienone is 2. The molecule has 0 saturated carbocycles. The van der Waals surface area contributed by atoms with E-state index in [1.807, 2.05) is 33.8 Å². The summed E-state index contributed by atoms with van der Waals surface area (Å²) in [7, 11) is -3.05. The van der Waals surface area contributed by atoms with E-state index in [2.05, 4.69) is 0 Å². The highest BCUT2D eigenvalue weighted by Crippen LogP contribution is 2.60. The van der Waals surface area contributed by atoms with Gasteiger partial charge in [0.15, 0.2) is 0 Å². The van der Waals surface area contributed by atoms with E-state index in [1.165, 1.54) is 6.42 Å². The number of hydrogen-bond acceptors (Lipinski definition) is 3. The van der Waals surface area contributed by atoms with Crippen molar-refractivity contribution in [2.75, 3.05) is 0 Å². The third-order valence-corrected chi connectivity index (χ3v) is 4.83. The first-order valence-corrected chi connectivity index (χ1v) is 7.65. The largest absolute Gasteiger partial charge is 0.357 e. The van der Waals surface area contributed by atoms with Crippen LogP contribution in [0.5, 0.6) is 0 Å². The van der Waals surface area contributed by atoms with Gasteiger partial charge in [0.2, 0.25) is 0 Å². The Morgan fingerprint density at radius 1 is 1.12 bits per heavy atom. The molecule has 1 aliphatic rings. The van der Waals surface area contributed by atoms with Crippen molar-refractivity contribution in [2.45, 2.75) is 65.6 Å². The molecule has 0 aliphatic heterocycles. The second-order valence-electron chi connectivity index (χ2n) is 4.75. The Kier molecular flexibility index (Phi) is 5.23. The average molecular weight is 246 g/mol. The molecule has 0 heterocycles. The van der Waals surface area contributed by atoms with Crippen molar-refractivity contribution >= 4 is 7.60 Å². The average Bonchev–Trinajstić information content (AvgIpc) is 2.16. The number of rotatable bonds is 5. The maximum atomic E-state index is 12.7. The van der Waals surface area contributed by atoms with E-state index in [1.54, 1.807) is 0 Å². The zero-order valence-electron chi connectivity index (χ0n) is 10.7. The molecule has 16 heavy (non-hydrogen) atoms. The van der Waals surface area contributed by atoms with Gasteiger partial charge in [0.25, 0.3) is 0 Å². The molecule has 1 rings (SSSR count). The smallest absolute Gasteiger partial charge is 0.303 e. The minimum atomic E-state index is -3.05. The van der Waals surface area contributed by atoms with Crippen molar-refractivity contribution in [3.63, 3.8) is 0 Å². The van der Waals surface area contributed by atoms with Gasteiger partial charge in [0.05, 0.1) is 12.2 Å². The quantitative estimate of drug-likeness (QED) is 0.670. The molecule has 0 fully saturated rings. The molecule has 0 aromatic carbocycles. The molecular weight excluding hydrogens is 223 g/mol. The molecule has 0 spiro atoms. The van der Waals surface area contributed by atoms with Gasteiger partial charge in [-0.2, -0.15) is 0 Å². The van der Waals surface area contributed by atoms with Crippen LogP contribution >= 0.6 is 7.60 Å². The van der Waals surface area contributed by atoms with E-state index in [4.69, 9.17) is 9.05 Å². The zero-order chi connectivity index (χ0) is 12.2. The van der Waals surface area contributed by atoms with Crippen molar-refractivity contribution in [3.05, 3.63) is 11.4 Å². The summed E-state index contributed by atoms with van der Waals surface area (Å²) in [6.07, 6.45) is 5.97. The summed E-state index contributed by atoms with van der Waals surface area (Å²) in [5, 5.41) is 0.876. The SMILES string of the molecule is CC(C)OP(=O)(OC(C)C)C1=CCCCC1. The van der Waals surface area contributed by atoms with Gasteiger partial charge in [0.1, 0.15) is 0 Å². The first-order valence-electron chi connectivity index (χ1n) is 6.10. The van der Waals surface area contributed by atoms with Crippen LogP contribution < -0.4 is 0 Å². The van der Waals surface area contributed by atoms with E-state index >= 15 is 0 Å². The van der Waals surface area contributed by atoms with Crippen LogP contribution in [0.25, 0.3) is 0 Å². The molecule has 0 aromatic heterocycles. The maximum Gasteiger partial charge on any atom is 0.357 e. The minimum absolute atomic E-state index is 0.0765. The summed E-state index contributed by atoms with van der Waals surface area (Å²) in [6, 6.07) is 0. The molecular formula is C12H23O3P. The fourth-order valence-corrected chi connectivity index (χ4v) is 4.00. The lowest BCUT2D eigenvalue weighted by molar-refractivity contribution is 0.146. The summed E-state index contributed by atoms with van der Waals surface area (Å²) in [5.41, 5.74) is 0. The fourth-order valence-electron chi connectivity index (χ4n) is 1.79. The standard InChI is InChI=1S/C12H23O3P/c1-10(2)14-16(13,15-11(3)4)12-8-6-5-7-9-12/h8,10-11H,5-7,9H2,1-4H3. The predicted octanol–water partition coefficient (Wildman–Crippen LogP) is 4.49. The normalized spacial score (nSPS) is 18.0. The first-order chi connectivity index (χ1) is 7.44. The van der Waals surface area contributed by atoms with Crippen LogP contribution in [0.2, 0.25) is 0 Å². The van der Waals surface area contributed by atoms with Crippen LogP contribution in [0.1, 0.15) is 53.4 Å². The van der Waals surface area contributed by atoms with Crippen molar-refractivity contribution in [1.29, 1.82) is 0 Å². The molecule has 94 valence electrons. The lowest BCUT2D eigenvalue weighted by atomic mass is 10.1. The van der Waals surface area contributed by atoms with E-state index in [0.29, 0.717) is 0 Å². The highest BCUT2D eigenvalue weighted by atomic mass is 31.2. The molecule has 3 nitrogen and oxygen atoms in total. The highest BCUT2D eigenvalue weighted by Gasteiger charge is 2.32. The van der Waals surface area contributed by atoms with Gasteiger partial charge in [-0.05, 0) is 53.4 Å². The highest BCUT2D eigenvalue weighted by molar-refractivity contribution is 7.58. The van der Waals surface area contributed by atoms with Gasteiger partial charge in [-0.25, -0.2) is 0 Å². The van der Waals surface area contributed by atoms with Gasteiger partial charge >= 0.3 is 7.60 Å². The molecule has 0 saturated heterocycles. The van der Waals surface area contributed by atoms with Crippen molar-refractivity contribution in [3.8, 4) is 0 Å². The molecule has 4 heteroatoms. The zero-order valence-corrected chi connectivity index (χ0v) is 11.6. The summed E-state index contributed by atoms with van der Waals surface area (Å²) in [4.78, 5) is 0. The minimum Gasteiger partial charge on any atom is -0.303 e. The van der Waals surface area contributed by atoms with Gasteiger partial charge in [-0.1, -0.05) is 6.08 Å². The summed E-state index contributed by atoms with van der Waals surface area (Å²) >= 11 is 0. The second kappa shape index (κ2) is 6.00. The lowest BCUT2D eigenvalue weighted by Gasteiger charge is -2.26. The number of hydrogen-bond donors (Lipinski definition) is 0. The van der Waals surface area contributed by atoms with E-state index in [9.17, 15) is 4.57 Å². The lowest BCUT2D eigenvalue weighted by Crippen LogP contribution is -2.10. The van der Waals surface area contributed by atoms with Crippen molar-refractivity contribution in [1.82, 2.24) is 0 Å². The predicted molar refractivity (Wildman–Crippen MR) is 66.6 cm³/mol. The third-order valence-electron chi connectivity index (χ3n) is 2.32. The first kappa shape index (κ1) is 14.0. The van der Waals surface area contributed by atoms with Crippen LogP contribution in [-0.4, -0.2) is 12.2 Å². The second-order valence-corrected chi connectivity index (χ2v) is 6.74. The summed E-state index contributed by atoms with van der Waals surface area (Å²) in [5.74, 6) is 0. The van der Waals surface area contributed by atoms with Crippen LogP contribution in [0.3, 0.4) is 0 Å². The topological polar surface area (TPSA) is 35.5 Å². The Morgan fingerprint density at radius 3 is 2.06 bits per heavy atom. The van der Waals surface area contributed by atoms with E-state index in [0.717, 1.165) is 24.6 Å². The van der Waals surface area contributed by atoms with Gasteiger partial charge < -0.3 is 9.05 Å². The molecule has 0 N–H and O–H groups in total. The van der Waals surface area contributed by atoms with Crippen LogP contribution in [0, 0.1) is 0 Å². The van der Waals surface area contributed by atoms with E-state index < -0.39 is 7.60 Å². The van der Waals surface area contributed by atoms with Crippen LogP contribution in [-0.2, 0) is 13.6 Å². The van der Waals surface area contributed by atoms with Gasteiger partial charge in [-0.15, -0.1) is 0 Å². The molecule has 0 aromatic rings. The van der Waals surface area contributed by atoms with Gasteiger partial charge in [0, 0.05) is 5.31 Å². The molecule has 0 unspecified atom stereocenters. The van der Waals surface area contributed by atoms with Crippen LogP contribution in [0.4, 0.5) is 0 Å². The van der Waals surface area contributed by atoms with Crippen LogP contribution in [0.15, 0.2) is 11.4 Å². The Hall–Kier alpha value is -0.110. The summed E-state index contributed by atoms with van der Waals surface area (Å²) in [6.45, 7) is 7.55. The Bertz CT molecular complexity index is 281. The molecule has 1 aliphatic carbocycles. The monoisotopic (exact) mass is 246 g/mol. The molecule has 0 amide bonds.